The van der Waals surface area contributed by atoms with Crippen LogP contribution in [0.3, 0.4) is 0 Å². The number of hydrogen-bond acceptors (Lipinski definition) is 3. The summed E-state index contributed by atoms with van der Waals surface area (Å²) >= 11 is 1.63. The highest BCUT2D eigenvalue weighted by Crippen LogP contribution is 2.36. The van der Waals surface area contributed by atoms with Gasteiger partial charge in [-0.3, -0.25) is 0 Å². The zero-order valence-electron chi connectivity index (χ0n) is 10.1. The molecule has 0 aliphatic rings. The van der Waals surface area contributed by atoms with Gasteiger partial charge in [0.05, 0.1) is 0 Å². The van der Waals surface area contributed by atoms with E-state index in [0.29, 0.717) is 0 Å². The third-order valence-corrected chi connectivity index (χ3v) is 4.05. The second-order valence-corrected chi connectivity index (χ2v) is 5.35. The van der Waals surface area contributed by atoms with Crippen molar-refractivity contribution >= 4 is 11.3 Å². The van der Waals surface area contributed by atoms with Crippen LogP contribution in [0.2, 0.25) is 0 Å². The molecule has 2 aromatic carbocycles. The lowest BCUT2D eigenvalue weighted by Crippen LogP contribution is -1.71. The molecule has 0 unspecified atom stereocenters. The van der Waals surface area contributed by atoms with Crippen LogP contribution in [0, 0.1) is 0 Å². The Kier molecular flexibility index (Phi) is 2.97. The average Bonchev–Trinajstić information content (AvgIpc) is 2.88. The Bertz CT molecular complexity index is 656. The number of phenols is 2. The highest BCUT2D eigenvalue weighted by Gasteiger charge is 2.06. The molecule has 2 N–H and O–H groups in total. The normalized spacial score (nSPS) is 10.5. The minimum absolute atomic E-state index is 0.268. The Morgan fingerprint density at radius 1 is 0.632 bits per heavy atom. The van der Waals surface area contributed by atoms with Gasteiger partial charge in [-0.15, -0.1) is 11.3 Å². The van der Waals surface area contributed by atoms with Crippen LogP contribution >= 0.6 is 11.3 Å². The zero-order chi connectivity index (χ0) is 13.2. The number of hydrogen-bond donors (Lipinski definition) is 2. The quantitative estimate of drug-likeness (QED) is 0.718. The lowest BCUT2D eigenvalue weighted by atomic mass is 10.1. The Morgan fingerprint density at radius 3 is 1.53 bits per heavy atom. The van der Waals surface area contributed by atoms with E-state index in [4.69, 9.17) is 0 Å². The number of phenolic OH excluding ortho intramolecular Hbond substituents is 2. The second kappa shape index (κ2) is 4.78. The Hall–Kier alpha value is -2.26. The van der Waals surface area contributed by atoms with Crippen LogP contribution in [0.25, 0.3) is 20.9 Å². The van der Waals surface area contributed by atoms with E-state index in [2.05, 4.69) is 0 Å². The second-order valence-electron chi connectivity index (χ2n) is 4.26. The molecular weight excluding hydrogens is 256 g/mol. The van der Waals surface area contributed by atoms with Gasteiger partial charge >= 0.3 is 0 Å². The molecule has 0 aliphatic heterocycles. The van der Waals surface area contributed by atoms with Gasteiger partial charge in [-0.1, -0.05) is 24.3 Å². The van der Waals surface area contributed by atoms with Gasteiger partial charge in [-0.2, -0.15) is 0 Å². The maximum absolute atomic E-state index is 9.51. The summed E-state index contributed by atoms with van der Waals surface area (Å²) in [4.78, 5) is 2.18. The van der Waals surface area contributed by atoms with Crippen LogP contribution in [0.15, 0.2) is 60.7 Å². The molecule has 94 valence electrons. The third-order valence-electron chi connectivity index (χ3n) is 2.87. The van der Waals surface area contributed by atoms with E-state index in [-0.39, 0.29) is 11.5 Å². The molecule has 3 aromatic rings. The predicted molar refractivity (Wildman–Crippen MR) is 78.5 cm³/mol. The van der Waals surface area contributed by atoms with Crippen molar-refractivity contribution < 1.29 is 10.2 Å². The number of benzene rings is 2. The number of aromatic hydroxyl groups is 2. The van der Waals surface area contributed by atoms with Gasteiger partial charge in [0.25, 0.3) is 0 Å². The smallest absolute Gasteiger partial charge is 0.116 e. The molecule has 0 amide bonds. The molecule has 3 heteroatoms. The summed E-state index contributed by atoms with van der Waals surface area (Å²) in [6.45, 7) is 0. The van der Waals surface area contributed by atoms with Crippen molar-refractivity contribution in [2.24, 2.45) is 0 Å². The molecule has 0 radical (unpaired) electrons. The Morgan fingerprint density at radius 2 is 1.11 bits per heavy atom. The largest absolute Gasteiger partial charge is 0.508 e. The molecule has 1 heterocycles. The van der Waals surface area contributed by atoms with Crippen LogP contribution in [0.1, 0.15) is 0 Å². The van der Waals surface area contributed by atoms with Gasteiger partial charge in [0.1, 0.15) is 11.5 Å². The fourth-order valence-corrected chi connectivity index (χ4v) is 2.97. The van der Waals surface area contributed by atoms with Crippen molar-refractivity contribution in [2.45, 2.75) is 0 Å². The Labute approximate surface area is 115 Å². The van der Waals surface area contributed by atoms with Crippen molar-refractivity contribution in [3.8, 4) is 32.4 Å². The summed E-state index contributed by atoms with van der Waals surface area (Å²) < 4.78 is 0. The molecule has 19 heavy (non-hydrogen) atoms. The van der Waals surface area contributed by atoms with Gasteiger partial charge in [0.2, 0.25) is 0 Å². The summed E-state index contributed by atoms with van der Waals surface area (Å²) in [5, 5.41) is 19.0. The molecule has 0 saturated heterocycles. The summed E-state index contributed by atoms with van der Waals surface area (Å²) in [5.74, 6) is 0.537. The van der Waals surface area contributed by atoms with Crippen LogP contribution in [0.4, 0.5) is 0 Å². The first-order valence-corrected chi connectivity index (χ1v) is 6.73. The van der Waals surface area contributed by atoms with Crippen molar-refractivity contribution in [1.82, 2.24) is 0 Å². The summed E-state index contributed by atoms with van der Waals surface area (Å²) in [5.41, 5.74) is 1.99. The van der Waals surface area contributed by atoms with Crippen LogP contribution in [0.5, 0.6) is 11.5 Å². The van der Waals surface area contributed by atoms with Crippen molar-refractivity contribution in [2.75, 3.05) is 0 Å². The van der Waals surface area contributed by atoms with Gasteiger partial charge in [0.15, 0.2) is 0 Å². The summed E-state index contributed by atoms with van der Waals surface area (Å²) in [6.07, 6.45) is 0. The topological polar surface area (TPSA) is 40.5 Å². The summed E-state index contributed by atoms with van der Waals surface area (Å²) in [6, 6.07) is 18.5. The van der Waals surface area contributed by atoms with Crippen LogP contribution in [-0.2, 0) is 0 Å². The van der Waals surface area contributed by atoms with Crippen molar-refractivity contribution in [1.29, 1.82) is 0 Å². The fourth-order valence-electron chi connectivity index (χ4n) is 1.97. The van der Waals surface area contributed by atoms with Crippen molar-refractivity contribution in [3.05, 3.63) is 60.7 Å². The van der Waals surface area contributed by atoms with E-state index < -0.39 is 0 Å². The average molecular weight is 268 g/mol. The summed E-state index contributed by atoms with van der Waals surface area (Å²) in [7, 11) is 0. The lowest BCUT2D eigenvalue weighted by Gasteiger charge is -1.99. The molecule has 0 aliphatic carbocycles. The predicted octanol–water partition coefficient (Wildman–Crippen LogP) is 4.49. The highest BCUT2D eigenvalue weighted by molar-refractivity contribution is 7.18. The monoisotopic (exact) mass is 268 g/mol. The SMILES string of the molecule is Oc1cccc(-c2ccc(-c3cccc(O)c3)s2)c1. The van der Waals surface area contributed by atoms with E-state index in [1.54, 1.807) is 35.6 Å². The molecule has 2 nitrogen and oxygen atoms in total. The van der Waals surface area contributed by atoms with E-state index >= 15 is 0 Å². The Balaban J connectivity index is 2.00. The van der Waals surface area contributed by atoms with Crippen LogP contribution in [-0.4, -0.2) is 10.2 Å². The van der Waals surface area contributed by atoms with E-state index in [0.717, 1.165) is 20.9 Å². The van der Waals surface area contributed by atoms with Gasteiger partial charge in [0, 0.05) is 9.75 Å². The fraction of sp³-hybridized carbons (Fsp3) is 0. The minimum Gasteiger partial charge on any atom is -0.508 e. The molecule has 0 spiro atoms. The molecule has 0 saturated carbocycles. The molecule has 1 aromatic heterocycles. The molecule has 3 rings (SSSR count). The number of thiophene rings is 1. The molecule has 0 fully saturated rings. The van der Waals surface area contributed by atoms with Gasteiger partial charge in [-0.25, -0.2) is 0 Å². The van der Waals surface area contributed by atoms with E-state index in [1.807, 2.05) is 36.4 Å². The number of rotatable bonds is 2. The zero-order valence-corrected chi connectivity index (χ0v) is 10.9. The van der Waals surface area contributed by atoms with Gasteiger partial charge in [-0.05, 0) is 47.5 Å². The molecule has 0 atom stereocenters. The molecular formula is C16H12O2S. The maximum atomic E-state index is 9.51. The maximum Gasteiger partial charge on any atom is 0.116 e. The minimum atomic E-state index is 0.268. The van der Waals surface area contributed by atoms with Crippen molar-refractivity contribution in [3.63, 3.8) is 0 Å². The lowest BCUT2D eigenvalue weighted by molar-refractivity contribution is 0.475. The van der Waals surface area contributed by atoms with E-state index in [9.17, 15) is 10.2 Å². The van der Waals surface area contributed by atoms with Crippen LogP contribution < -0.4 is 0 Å². The van der Waals surface area contributed by atoms with E-state index in [1.165, 1.54) is 0 Å². The van der Waals surface area contributed by atoms with Gasteiger partial charge < -0.3 is 10.2 Å². The first-order valence-electron chi connectivity index (χ1n) is 5.91. The highest BCUT2D eigenvalue weighted by atomic mass is 32.1. The third kappa shape index (κ3) is 2.46. The standard InChI is InChI=1S/C16H12O2S/c17-13-5-1-3-11(9-13)15-7-8-16(19-15)12-4-2-6-14(18)10-12/h1-10,17-18H. The first-order chi connectivity index (χ1) is 9.22. The first kappa shape index (κ1) is 11.8. The molecule has 0 bridgehead atoms.